The van der Waals surface area contributed by atoms with Gasteiger partial charge in [-0.2, -0.15) is 0 Å². The number of esters is 1. The summed E-state index contributed by atoms with van der Waals surface area (Å²) in [5, 5.41) is 2.66. The van der Waals surface area contributed by atoms with E-state index in [9.17, 15) is 14.4 Å². The Bertz CT molecular complexity index is 989. The van der Waals surface area contributed by atoms with E-state index in [-0.39, 0.29) is 17.1 Å². The lowest BCUT2D eigenvalue weighted by atomic mass is 10.0. The van der Waals surface area contributed by atoms with Gasteiger partial charge in [0.05, 0.1) is 11.8 Å². The van der Waals surface area contributed by atoms with E-state index in [1.807, 2.05) is 19.1 Å². The smallest absolute Gasteiger partial charge is 0.338 e. The highest BCUT2D eigenvalue weighted by atomic mass is 16.5. The minimum atomic E-state index is -0.909. The van der Waals surface area contributed by atoms with Crippen molar-refractivity contribution in [2.75, 3.05) is 5.32 Å². The Kier molecular flexibility index (Phi) is 6.24. The Morgan fingerprint density at radius 1 is 0.966 bits per heavy atom. The number of amides is 1. The monoisotopic (exact) mass is 391 g/mol. The van der Waals surface area contributed by atoms with E-state index in [1.165, 1.54) is 18.4 Å². The third kappa shape index (κ3) is 4.99. The van der Waals surface area contributed by atoms with Crippen LogP contribution in [0.5, 0.6) is 0 Å². The predicted octanol–water partition coefficient (Wildman–Crippen LogP) is 4.52. The average Bonchev–Trinajstić information content (AvgIpc) is 3.29. The number of carbonyl (C=O) groups excluding carboxylic acids is 3. The number of rotatable bonds is 7. The molecule has 29 heavy (non-hydrogen) atoms. The summed E-state index contributed by atoms with van der Waals surface area (Å²) < 4.78 is 10.3. The van der Waals surface area contributed by atoms with Crippen molar-refractivity contribution in [1.82, 2.24) is 0 Å². The maximum Gasteiger partial charge on any atom is 0.338 e. The second-order valence-electron chi connectivity index (χ2n) is 6.47. The van der Waals surface area contributed by atoms with E-state index in [2.05, 4.69) is 5.32 Å². The second-order valence-corrected chi connectivity index (χ2v) is 6.47. The molecule has 0 saturated heterocycles. The number of aryl methyl sites for hydroxylation is 1. The van der Waals surface area contributed by atoms with Crippen molar-refractivity contribution in [2.45, 2.75) is 26.4 Å². The molecule has 0 spiro atoms. The van der Waals surface area contributed by atoms with Crippen molar-refractivity contribution in [3.8, 4) is 0 Å². The Morgan fingerprint density at radius 3 is 2.21 bits per heavy atom. The van der Waals surface area contributed by atoms with E-state index in [4.69, 9.17) is 9.15 Å². The first-order valence-corrected chi connectivity index (χ1v) is 9.27. The zero-order chi connectivity index (χ0) is 20.8. The van der Waals surface area contributed by atoms with Crippen LogP contribution in [0.2, 0.25) is 0 Å². The fraction of sp³-hybridized carbons (Fsp3) is 0.174. The minimum Gasteiger partial charge on any atom is -0.459 e. The lowest BCUT2D eigenvalue weighted by molar-refractivity contribution is 0.0319. The molecule has 3 rings (SSSR count). The normalized spacial score (nSPS) is 11.5. The van der Waals surface area contributed by atoms with Crippen LogP contribution in [0.4, 0.5) is 5.69 Å². The fourth-order valence-corrected chi connectivity index (χ4v) is 2.71. The standard InChI is InChI=1S/C23H21NO5/c1-3-16-6-8-17(9-7-16)21(25)15(2)29-23(27)18-10-12-19(13-11-18)24-22(26)20-5-4-14-28-20/h4-15H,3H2,1-2H3,(H,24,26). The summed E-state index contributed by atoms with van der Waals surface area (Å²) in [5.41, 5.74) is 2.41. The van der Waals surface area contributed by atoms with Crippen LogP contribution in [0.3, 0.4) is 0 Å². The van der Waals surface area contributed by atoms with Crippen molar-refractivity contribution >= 4 is 23.3 Å². The summed E-state index contributed by atoms with van der Waals surface area (Å²) in [6.07, 6.45) is 1.39. The quantitative estimate of drug-likeness (QED) is 0.473. The molecule has 148 valence electrons. The molecule has 6 nitrogen and oxygen atoms in total. The van der Waals surface area contributed by atoms with Gasteiger partial charge in [-0.15, -0.1) is 0 Å². The number of furan rings is 1. The highest BCUT2D eigenvalue weighted by molar-refractivity contribution is 6.03. The maximum atomic E-state index is 12.5. The SMILES string of the molecule is CCc1ccc(C(=O)C(C)OC(=O)c2ccc(NC(=O)c3ccco3)cc2)cc1. The Morgan fingerprint density at radius 2 is 1.62 bits per heavy atom. The summed E-state index contributed by atoms with van der Waals surface area (Å²) in [7, 11) is 0. The van der Waals surface area contributed by atoms with Crippen molar-refractivity contribution in [3.05, 3.63) is 89.4 Å². The van der Waals surface area contributed by atoms with Crippen molar-refractivity contribution in [3.63, 3.8) is 0 Å². The van der Waals surface area contributed by atoms with Crippen LogP contribution >= 0.6 is 0 Å². The third-order valence-electron chi connectivity index (χ3n) is 4.42. The number of anilines is 1. The largest absolute Gasteiger partial charge is 0.459 e. The topological polar surface area (TPSA) is 85.6 Å². The zero-order valence-corrected chi connectivity index (χ0v) is 16.2. The average molecular weight is 391 g/mol. The summed E-state index contributed by atoms with van der Waals surface area (Å²) in [5.74, 6) is -1.07. The number of hydrogen-bond donors (Lipinski definition) is 1. The van der Waals surface area contributed by atoms with E-state index in [0.717, 1.165) is 12.0 Å². The van der Waals surface area contributed by atoms with Crippen LogP contribution in [-0.4, -0.2) is 23.8 Å². The zero-order valence-electron chi connectivity index (χ0n) is 16.2. The van der Waals surface area contributed by atoms with E-state index in [1.54, 1.807) is 43.3 Å². The lowest BCUT2D eigenvalue weighted by Crippen LogP contribution is -2.24. The Labute approximate surface area is 168 Å². The summed E-state index contributed by atoms with van der Waals surface area (Å²) >= 11 is 0. The Hall–Kier alpha value is -3.67. The number of carbonyl (C=O) groups is 3. The molecule has 0 saturated carbocycles. The van der Waals surface area contributed by atoms with Gasteiger partial charge in [0.25, 0.3) is 5.91 Å². The molecule has 6 heteroatoms. The molecule has 1 atom stereocenters. The number of Topliss-reactive ketones (excluding diaryl/α,β-unsaturated/α-hetero) is 1. The first-order chi connectivity index (χ1) is 14.0. The van der Waals surface area contributed by atoms with Gasteiger partial charge >= 0.3 is 5.97 Å². The van der Waals surface area contributed by atoms with Crippen LogP contribution in [0.1, 0.15) is 50.7 Å². The van der Waals surface area contributed by atoms with Gasteiger partial charge in [0, 0.05) is 11.3 Å². The molecular weight excluding hydrogens is 370 g/mol. The molecule has 0 aliphatic carbocycles. The summed E-state index contributed by atoms with van der Waals surface area (Å²) in [6, 6.07) is 16.6. The first-order valence-electron chi connectivity index (χ1n) is 9.27. The predicted molar refractivity (Wildman–Crippen MR) is 108 cm³/mol. The summed E-state index contributed by atoms with van der Waals surface area (Å²) in [6.45, 7) is 3.58. The number of nitrogens with one attached hydrogen (secondary N) is 1. The first kappa shape index (κ1) is 20.1. The molecule has 1 aromatic heterocycles. The van der Waals surface area contributed by atoms with Crippen LogP contribution in [0.15, 0.2) is 71.3 Å². The fourth-order valence-electron chi connectivity index (χ4n) is 2.71. The van der Waals surface area contributed by atoms with Crippen LogP contribution < -0.4 is 5.32 Å². The van der Waals surface area contributed by atoms with Gasteiger partial charge in [0.15, 0.2) is 11.9 Å². The van der Waals surface area contributed by atoms with E-state index in [0.29, 0.717) is 11.3 Å². The third-order valence-corrected chi connectivity index (χ3v) is 4.42. The highest BCUT2D eigenvalue weighted by Crippen LogP contribution is 2.15. The molecule has 1 N–H and O–H groups in total. The number of hydrogen-bond acceptors (Lipinski definition) is 5. The van der Waals surface area contributed by atoms with Gasteiger partial charge in [-0.05, 0) is 55.3 Å². The lowest BCUT2D eigenvalue weighted by Gasteiger charge is -2.13. The van der Waals surface area contributed by atoms with Gasteiger partial charge in [0.2, 0.25) is 5.78 Å². The highest BCUT2D eigenvalue weighted by Gasteiger charge is 2.20. The molecular formula is C23H21NO5. The molecule has 0 aliphatic heterocycles. The van der Waals surface area contributed by atoms with E-state index < -0.39 is 18.0 Å². The van der Waals surface area contributed by atoms with Gasteiger partial charge in [-0.25, -0.2) is 4.79 Å². The molecule has 3 aromatic rings. The molecule has 0 bridgehead atoms. The van der Waals surface area contributed by atoms with Gasteiger partial charge in [-0.1, -0.05) is 31.2 Å². The van der Waals surface area contributed by atoms with Crippen LogP contribution in [0.25, 0.3) is 0 Å². The minimum absolute atomic E-state index is 0.188. The van der Waals surface area contributed by atoms with Crippen LogP contribution in [-0.2, 0) is 11.2 Å². The molecule has 2 aromatic carbocycles. The van der Waals surface area contributed by atoms with Gasteiger partial charge < -0.3 is 14.5 Å². The number of ketones is 1. The second kappa shape index (κ2) is 9.01. The van der Waals surface area contributed by atoms with Crippen LogP contribution in [0, 0.1) is 0 Å². The van der Waals surface area contributed by atoms with E-state index >= 15 is 0 Å². The maximum absolute atomic E-state index is 12.5. The molecule has 1 unspecified atom stereocenters. The van der Waals surface area contributed by atoms with Gasteiger partial charge in [0.1, 0.15) is 0 Å². The van der Waals surface area contributed by atoms with Crippen molar-refractivity contribution < 1.29 is 23.5 Å². The molecule has 1 amide bonds. The molecule has 0 fully saturated rings. The number of ether oxygens (including phenoxy) is 1. The van der Waals surface area contributed by atoms with Crippen molar-refractivity contribution in [2.24, 2.45) is 0 Å². The molecule has 0 aliphatic rings. The number of benzene rings is 2. The molecule has 0 radical (unpaired) electrons. The summed E-state index contributed by atoms with van der Waals surface area (Å²) in [4.78, 5) is 36.8. The van der Waals surface area contributed by atoms with Crippen molar-refractivity contribution in [1.29, 1.82) is 0 Å². The van der Waals surface area contributed by atoms with Gasteiger partial charge in [-0.3, -0.25) is 9.59 Å². The Balaban J connectivity index is 1.59. The molecule has 1 heterocycles.